The van der Waals surface area contributed by atoms with Crippen LogP contribution in [0.25, 0.3) is 0 Å². The Morgan fingerprint density at radius 2 is 1.30 bits per heavy atom. The lowest BCUT2D eigenvalue weighted by molar-refractivity contribution is 1.03. The Morgan fingerprint density at radius 3 is 1.50 bits per heavy atom. The molecule has 0 atom stereocenters. The largest absolute Gasteiger partial charge is 0.0831 e. The summed E-state index contributed by atoms with van der Waals surface area (Å²) in [5.41, 5.74) is 0. The summed E-state index contributed by atoms with van der Waals surface area (Å²) < 4.78 is 0. The van der Waals surface area contributed by atoms with E-state index in [9.17, 15) is 0 Å². The summed E-state index contributed by atoms with van der Waals surface area (Å²) in [5, 5.41) is 1.39. The van der Waals surface area contributed by atoms with Crippen molar-refractivity contribution in [3.05, 3.63) is 22.2 Å². The van der Waals surface area contributed by atoms with Crippen molar-refractivity contribution in [2.45, 2.75) is 26.7 Å². The molecule has 0 N–H and O–H groups in total. The minimum atomic E-state index is 0.693. The van der Waals surface area contributed by atoms with Crippen LogP contribution in [0.4, 0.5) is 0 Å². The fraction of sp³-hybridized carbons (Fsp3) is 0.500. The van der Waals surface area contributed by atoms with Crippen LogP contribution in [0.2, 0.25) is 0 Å². The molecular weight excluding hydrogens is 167 g/mol. The van der Waals surface area contributed by atoms with E-state index < -0.39 is 0 Å². The SMILES string of the molecule is CC.ClC1=CCCC=C1Cl. The van der Waals surface area contributed by atoms with Crippen molar-refractivity contribution < 1.29 is 0 Å². The van der Waals surface area contributed by atoms with Gasteiger partial charge in [0, 0.05) is 0 Å². The zero-order valence-corrected chi connectivity index (χ0v) is 7.84. The second-order valence-corrected chi connectivity index (χ2v) is 2.50. The van der Waals surface area contributed by atoms with E-state index in [-0.39, 0.29) is 0 Å². The molecule has 0 saturated heterocycles. The maximum Gasteiger partial charge on any atom is 0.0549 e. The molecule has 1 aliphatic rings. The molecule has 1 rings (SSSR count). The van der Waals surface area contributed by atoms with Crippen LogP contribution in [0.1, 0.15) is 26.7 Å². The van der Waals surface area contributed by atoms with Crippen LogP contribution in [0.5, 0.6) is 0 Å². The molecule has 0 radical (unpaired) electrons. The highest BCUT2D eigenvalue weighted by molar-refractivity contribution is 6.43. The number of allylic oxidation sites excluding steroid dienone is 4. The Balaban J connectivity index is 0.000000371. The van der Waals surface area contributed by atoms with Crippen molar-refractivity contribution in [3.8, 4) is 0 Å². The molecule has 2 heteroatoms. The lowest BCUT2D eigenvalue weighted by atomic mass is 10.2. The highest BCUT2D eigenvalue weighted by Crippen LogP contribution is 2.24. The van der Waals surface area contributed by atoms with Crippen molar-refractivity contribution in [1.29, 1.82) is 0 Å². The molecule has 0 saturated carbocycles. The molecule has 0 aromatic carbocycles. The summed E-state index contributed by atoms with van der Waals surface area (Å²) in [6.45, 7) is 4.00. The van der Waals surface area contributed by atoms with E-state index in [1.807, 2.05) is 26.0 Å². The topological polar surface area (TPSA) is 0 Å². The van der Waals surface area contributed by atoms with E-state index in [0.29, 0.717) is 10.1 Å². The lowest BCUT2D eigenvalue weighted by Gasteiger charge is -2.01. The first-order chi connectivity index (χ1) is 4.80. The molecule has 1 aliphatic carbocycles. The summed E-state index contributed by atoms with van der Waals surface area (Å²) in [4.78, 5) is 0. The smallest absolute Gasteiger partial charge is 0.0549 e. The average molecular weight is 179 g/mol. The standard InChI is InChI=1S/C6H6Cl2.C2H6/c7-5-3-1-2-4-6(5)8;1-2/h3-4H,1-2H2;1-2H3. The van der Waals surface area contributed by atoms with Crippen LogP contribution in [-0.2, 0) is 0 Å². The molecule has 0 heterocycles. The van der Waals surface area contributed by atoms with Crippen LogP contribution < -0.4 is 0 Å². The van der Waals surface area contributed by atoms with Crippen molar-refractivity contribution >= 4 is 23.2 Å². The molecule has 0 aromatic heterocycles. The summed E-state index contributed by atoms with van der Waals surface area (Å²) in [6, 6.07) is 0. The molecule has 0 fully saturated rings. The Hall–Kier alpha value is 0.0600. The zero-order chi connectivity index (χ0) is 7.98. The summed E-state index contributed by atoms with van der Waals surface area (Å²) in [6.07, 6.45) is 5.91. The second-order valence-electron chi connectivity index (χ2n) is 1.68. The van der Waals surface area contributed by atoms with Gasteiger partial charge in [0.25, 0.3) is 0 Å². The van der Waals surface area contributed by atoms with Gasteiger partial charge in [-0.3, -0.25) is 0 Å². The van der Waals surface area contributed by atoms with E-state index in [1.54, 1.807) is 0 Å². The maximum atomic E-state index is 5.63. The number of hydrogen-bond acceptors (Lipinski definition) is 0. The van der Waals surface area contributed by atoms with Gasteiger partial charge < -0.3 is 0 Å². The van der Waals surface area contributed by atoms with Crippen molar-refractivity contribution in [1.82, 2.24) is 0 Å². The first-order valence-corrected chi connectivity index (χ1v) is 4.28. The number of halogens is 2. The van der Waals surface area contributed by atoms with Gasteiger partial charge in [-0.05, 0) is 12.8 Å². The molecule has 0 aliphatic heterocycles. The van der Waals surface area contributed by atoms with Gasteiger partial charge in [-0.2, -0.15) is 0 Å². The van der Waals surface area contributed by atoms with Crippen LogP contribution in [0.15, 0.2) is 22.2 Å². The first-order valence-electron chi connectivity index (χ1n) is 3.52. The van der Waals surface area contributed by atoms with Gasteiger partial charge in [0.15, 0.2) is 0 Å². The fourth-order valence-electron chi connectivity index (χ4n) is 0.615. The van der Waals surface area contributed by atoms with Crippen LogP contribution in [-0.4, -0.2) is 0 Å². The predicted octanol–water partition coefficient (Wildman–Crippen LogP) is 4.05. The molecule has 0 bridgehead atoms. The van der Waals surface area contributed by atoms with Crippen molar-refractivity contribution in [2.75, 3.05) is 0 Å². The predicted molar refractivity (Wildman–Crippen MR) is 48.5 cm³/mol. The molecule has 0 amide bonds. The summed E-state index contributed by atoms with van der Waals surface area (Å²) >= 11 is 11.3. The molecule has 58 valence electrons. The maximum absolute atomic E-state index is 5.63. The summed E-state index contributed by atoms with van der Waals surface area (Å²) in [7, 11) is 0. The van der Waals surface area contributed by atoms with Crippen LogP contribution >= 0.6 is 23.2 Å². The molecule has 10 heavy (non-hydrogen) atoms. The first kappa shape index (κ1) is 10.1. The minimum Gasteiger partial charge on any atom is -0.0831 e. The van der Waals surface area contributed by atoms with Gasteiger partial charge in [-0.15, -0.1) is 0 Å². The molecule has 0 unspecified atom stereocenters. The van der Waals surface area contributed by atoms with E-state index in [0.717, 1.165) is 12.8 Å². The van der Waals surface area contributed by atoms with Gasteiger partial charge in [-0.25, -0.2) is 0 Å². The van der Waals surface area contributed by atoms with Gasteiger partial charge in [0.05, 0.1) is 10.1 Å². The zero-order valence-electron chi connectivity index (χ0n) is 6.32. The van der Waals surface area contributed by atoms with Gasteiger partial charge in [0.2, 0.25) is 0 Å². The molecule has 0 aromatic rings. The fourth-order valence-corrected chi connectivity index (χ4v) is 0.988. The van der Waals surface area contributed by atoms with Crippen molar-refractivity contribution in [2.24, 2.45) is 0 Å². The monoisotopic (exact) mass is 178 g/mol. The average Bonchev–Trinajstić information content (AvgIpc) is 2.00. The Kier molecular flexibility index (Phi) is 5.85. The third-order valence-electron chi connectivity index (χ3n) is 1.04. The van der Waals surface area contributed by atoms with E-state index in [2.05, 4.69) is 0 Å². The molecular formula is C8H12Cl2. The lowest BCUT2D eigenvalue weighted by Crippen LogP contribution is -1.80. The van der Waals surface area contributed by atoms with Gasteiger partial charge >= 0.3 is 0 Å². The molecule has 0 spiro atoms. The van der Waals surface area contributed by atoms with Gasteiger partial charge in [0.1, 0.15) is 0 Å². The summed E-state index contributed by atoms with van der Waals surface area (Å²) in [5.74, 6) is 0. The highest BCUT2D eigenvalue weighted by Gasteiger charge is 2.00. The number of rotatable bonds is 0. The highest BCUT2D eigenvalue weighted by atomic mass is 35.5. The Bertz CT molecular complexity index is 127. The molecule has 0 nitrogen and oxygen atoms in total. The normalized spacial score (nSPS) is 16.4. The van der Waals surface area contributed by atoms with Gasteiger partial charge in [-0.1, -0.05) is 49.2 Å². The van der Waals surface area contributed by atoms with Crippen LogP contribution in [0.3, 0.4) is 0 Å². The van der Waals surface area contributed by atoms with E-state index in [4.69, 9.17) is 23.2 Å². The Morgan fingerprint density at radius 1 is 1.00 bits per heavy atom. The third-order valence-corrected chi connectivity index (χ3v) is 1.85. The number of hydrogen-bond donors (Lipinski definition) is 0. The van der Waals surface area contributed by atoms with E-state index in [1.165, 1.54) is 0 Å². The van der Waals surface area contributed by atoms with Crippen LogP contribution in [0, 0.1) is 0 Å². The van der Waals surface area contributed by atoms with E-state index >= 15 is 0 Å². The quantitative estimate of drug-likeness (QED) is 0.526. The second kappa shape index (κ2) is 5.82. The Labute approximate surface area is 72.5 Å². The van der Waals surface area contributed by atoms with Crippen molar-refractivity contribution in [3.63, 3.8) is 0 Å². The minimum absolute atomic E-state index is 0.693. The third kappa shape index (κ3) is 3.28.